The van der Waals surface area contributed by atoms with Crippen LogP contribution in [0, 0.1) is 6.92 Å². The zero-order valence-corrected chi connectivity index (χ0v) is 13.8. The van der Waals surface area contributed by atoms with Gasteiger partial charge in [0.25, 0.3) is 0 Å². The van der Waals surface area contributed by atoms with Gasteiger partial charge in [0.15, 0.2) is 6.61 Å². The Morgan fingerprint density at radius 3 is 2.79 bits per heavy atom. The molecule has 1 aromatic heterocycles. The molecule has 1 aromatic rings. The van der Waals surface area contributed by atoms with E-state index in [1.807, 2.05) is 12.3 Å². The molecule has 0 atom stereocenters. The minimum atomic E-state index is -4.36. The van der Waals surface area contributed by atoms with Crippen molar-refractivity contribution in [3.8, 4) is 5.88 Å². The Labute approximate surface area is 139 Å². The van der Waals surface area contributed by atoms with Gasteiger partial charge in [0.05, 0.1) is 0 Å². The summed E-state index contributed by atoms with van der Waals surface area (Å²) < 4.78 is 46.4. The van der Waals surface area contributed by atoms with Gasteiger partial charge in [0.2, 0.25) is 5.88 Å². The molecule has 0 radical (unpaired) electrons. The van der Waals surface area contributed by atoms with Crippen LogP contribution in [0.1, 0.15) is 17.5 Å². The molecule has 0 fully saturated rings. The molecule has 8 heteroatoms. The van der Waals surface area contributed by atoms with Gasteiger partial charge in [-0.2, -0.15) is 13.2 Å². The Hall–Kier alpha value is -1.80. The SMILES string of the molecule is COCCCN1C=CCN1Cc1cnc(OCC(F)(F)F)c(C)c1. The molecule has 5 nitrogen and oxygen atoms in total. The smallest absolute Gasteiger partial charge is 0.422 e. The van der Waals surface area contributed by atoms with Gasteiger partial charge in [-0.1, -0.05) is 6.08 Å². The topological polar surface area (TPSA) is 37.8 Å². The summed E-state index contributed by atoms with van der Waals surface area (Å²) in [5.74, 6) is 0.0209. The summed E-state index contributed by atoms with van der Waals surface area (Å²) in [4.78, 5) is 4.02. The van der Waals surface area contributed by atoms with Gasteiger partial charge in [-0.15, -0.1) is 0 Å². The molecular formula is C16H22F3N3O2. The van der Waals surface area contributed by atoms with Crippen LogP contribution in [0.4, 0.5) is 13.2 Å². The third-order valence-electron chi connectivity index (χ3n) is 3.52. The first-order valence-corrected chi connectivity index (χ1v) is 7.71. The van der Waals surface area contributed by atoms with Crippen LogP contribution in [0.3, 0.4) is 0 Å². The van der Waals surface area contributed by atoms with Crippen molar-refractivity contribution in [2.24, 2.45) is 0 Å². The molecule has 0 N–H and O–H groups in total. The highest BCUT2D eigenvalue weighted by Crippen LogP contribution is 2.21. The monoisotopic (exact) mass is 345 g/mol. The molecule has 0 amide bonds. The van der Waals surface area contributed by atoms with Crippen molar-refractivity contribution >= 4 is 0 Å². The quantitative estimate of drug-likeness (QED) is 0.678. The lowest BCUT2D eigenvalue weighted by atomic mass is 10.2. The summed E-state index contributed by atoms with van der Waals surface area (Å²) >= 11 is 0. The number of hydrazine groups is 1. The molecule has 2 rings (SSSR count). The number of rotatable bonds is 8. The first-order valence-electron chi connectivity index (χ1n) is 7.71. The van der Waals surface area contributed by atoms with Gasteiger partial charge in [0.1, 0.15) is 0 Å². The van der Waals surface area contributed by atoms with E-state index in [1.54, 1.807) is 20.2 Å². The molecule has 0 bridgehead atoms. The summed E-state index contributed by atoms with van der Waals surface area (Å²) in [5, 5.41) is 4.25. The third kappa shape index (κ3) is 5.68. The molecule has 0 aromatic carbocycles. The average Bonchev–Trinajstić information content (AvgIpc) is 2.93. The van der Waals surface area contributed by atoms with E-state index in [-0.39, 0.29) is 5.88 Å². The summed E-state index contributed by atoms with van der Waals surface area (Å²) in [6.07, 6.45) is 2.20. The standard InChI is InChI=1S/C16H22F3N3O2/c1-13-9-14(10-20-15(13)24-12-16(17,18)19)11-22-6-3-5-21(22)7-4-8-23-2/h3,5,9-10H,4,6-8,11-12H2,1-2H3. The van der Waals surface area contributed by atoms with Gasteiger partial charge in [-0.05, 0) is 25.0 Å². The van der Waals surface area contributed by atoms with Crippen LogP contribution in [-0.2, 0) is 11.3 Å². The number of nitrogens with zero attached hydrogens (tertiary/aromatic N) is 3. The lowest BCUT2D eigenvalue weighted by Gasteiger charge is -2.29. The zero-order valence-electron chi connectivity index (χ0n) is 13.8. The maximum atomic E-state index is 12.2. The summed E-state index contributed by atoms with van der Waals surface area (Å²) in [7, 11) is 1.68. The molecule has 24 heavy (non-hydrogen) atoms. The Bertz CT molecular complexity index is 564. The van der Waals surface area contributed by atoms with Crippen molar-refractivity contribution in [1.82, 2.24) is 15.0 Å². The Morgan fingerprint density at radius 2 is 2.12 bits per heavy atom. The van der Waals surface area contributed by atoms with Gasteiger partial charge in [-0.25, -0.2) is 9.99 Å². The van der Waals surface area contributed by atoms with E-state index >= 15 is 0 Å². The van der Waals surface area contributed by atoms with Gasteiger partial charge >= 0.3 is 6.18 Å². The summed E-state index contributed by atoms with van der Waals surface area (Å²) in [6.45, 7) is 3.34. The fourth-order valence-corrected chi connectivity index (χ4v) is 2.45. The second-order valence-electron chi connectivity index (χ2n) is 5.61. The van der Waals surface area contributed by atoms with E-state index in [0.29, 0.717) is 18.7 Å². The van der Waals surface area contributed by atoms with Crippen LogP contribution >= 0.6 is 0 Å². The van der Waals surface area contributed by atoms with Gasteiger partial charge < -0.3 is 14.5 Å². The van der Waals surface area contributed by atoms with Crippen molar-refractivity contribution in [2.45, 2.75) is 26.1 Å². The number of ether oxygens (including phenoxy) is 2. The Kier molecular flexibility index (Phi) is 6.44. The molecule has 2 heterocycles. The fraction of sp³-hybridized carbons (Fsp3) is 0.562. The molecule has 0 spiro atoms. The average molecular weight is 345 g/mol. The number of hydrogen-bond acceptors (Lipinski definition) is 5. The Morgan fingerprint density at radius 1 is 1.33 bits per heavy atom. The van der Waals surface area contributed by atoms with Crippen LogP contribution in [0.25, 0.3) is 0 Å². The molecule has 0 aliphatic carbocycles. The zero-order chi connectivity index (χ0) is 17.6. The van der Waals surface area contributed by atoms with Crippen molar-refractivity contribution in [3.63, 3.8) is 0 Å². The van der Waals surface area contributed by atoms with Crippen molar-refractivity contribution in [3.05, 3.63) is 35.7 Å². The molecular weight excluding hydrogens is 323 g/mol. The number of methoxy groups -OCH3 is 1. The van der Waals surface area contributed by atoms with Gasteiger partial charge in [0, 0.05) is 51.3 Å². The predicted molar refractivity (Wildman–Crippen MR) is 83.3 cm³/mol. The van der Waals surface area contributed by atoms with Crippen LogP contribution in [0.2, 0.25) is 0 Å². The second kappa shape index (κ2) is 8.34. The predicted octanol–water partition coefficient (Wildman–Crippen LogP) is 2.91. The van der Waals surface area contributed by atoms with E-state index in [9.17, 15) is 13.2 Å². The van der Waals surface area contributed by atoms with E-state index in [0.717, 1.165) is 25.1 Å². The number of pyridine rings is 1. The number of alkyl halides is 3. The molecule has 1 aliphatic rings. The highest BCUT2D eigenvalue weighted by molar-refractivity contribution is 5.28. The van der Waals surface area contributed by atoms with Crippen molar-refractivity contribution in [2.75, 3.05) is 33.4 Å². The number of hydrogen-bond donors (Lipinski definition) is 0. The lowest BCUT2D eigenvalue weighted by molar-refractivity contribution is -0.154. The summed E-state index contributed by atoms with van der Waals surface area (Å²) in [5.41, 5.74) is 1.52. The van der Waals surface area contributed by atoms with Crippen LogP contribution < -0.4 is 4.74 Å². The molecule has 1 aliphatic heterocycles. The largest absolute Gasteiger partial charge is 0.468 e. The van der Waals surface area contributed by atoms with Crippen molar-refractivity contribution < 1.29 is 22.6 Å². The maximum Gasteiger partial charge on any atom is 0.422 e. The van der Waals surface area contributed by atoms with E-state index in [2.05, 4.69) is 21.1 Å². The van der Waals surface area contributed by atoms with Crippen molar-refractivity contribution in [1.29, 1.82) is 0 Å². The third-order valence-corrected chi connectivity index (χ3v) is 3.52. The minimum absolute atomic E-state index is 0.0209. The molecule has 0 unspecified atom stereocenters. The van der Waals surface area contributed by atoms with Crippen LogP contribution in [0.15, 0.2) is 24.5 Å². The van der Waals surface area contributed by atoms with E-state index < -0.39 is 12.8 Å². The Balaban J connectivity index is 1.92. The highest BCUT2D eigenvalue weighted by Gasteiger charge is 2.29. The molecule has 0 saturated heterocycles. The minimum Gasteiger partial charge on any atom is -0.468 e. The number of halogens is 3. The maximum absolute atomic E-state index is 12.2. The number of aryl methyl sites for hydroxylation is 1. The second-order valence-corrected chi connectivity index (χ2v) is 5.61. The first-order chi connectivity index (χ1) is 11.4. The van der Waals surface area contributed by atoms with E-state index in [4.69, 9.17) is 9.47 Å². The normalized spacial score (nSPS) is 15.3. The first kappa shape index (κ1) is 18.5. The lowest BCUT2D eigenvalue weighted by Crippen LogP contribution is -2.35. The summed E-state index contributed by atoms with van der Waals surface area (Å²) in [6, 6.07) is 1.81. The van der Waals surface area contributed by atoms with E-state index in [1.165, 1.54) is 0 Å². The fourth-order valence-electron chi connectivity index (χ4n) is 2.45. The highest BCUT2D eigenvalue weighted by atomic mass is 19.4. The number of aromatic nitrogens is 1. The molecule has 134 valence electrons. The van der Waals surface area contributed by atoms with Crippen LogP contribution in [0.5, 0.6) is 5.88 Å². The molecule has 0 saturated carbocycles. The van der Waals surface area contributed by atoms with Gasteiger partial charge in [-0.3, -0.25) is 0 Å². The van der Waals surface area contributed by atoms with Crippen LogP contribution in [-0.4, -0.2) is 54.6 Å².